The highest BCUT2D eigenvalue weighted by Gasteiger charge is 2.41. The third-order valence-corrected chi connectivity index (χ3v) is 4.57. The van der Waals surface area contributed by atoms with Gasteiger partial charge in [-0.15, -0.1) is 0 Å². The Morgan fingerprint density at radius 3 is 2.00 bits per heavy atom. The van der Waals surface area contributed by atoms with Gasteiger partial charge in [-0.2, -0.15) is 0 Å². The van der Waals surface area contributed by atoms with Crippen molar-refractivity contribution in [2.45, 2.75) is 38.1 Å². The molecule has 122 valence electrons. The van der Waals surface area contributed by atoms with E-state index in [0.29, 0.717) is 0 Å². The third-order valence-electron chi connectivity index (χ3n) is 4.57. The Kier molecular flexibility index (Phi) is 6.12. The lowest BCUT2D eigenvalue weighted by Gasteiger charge is -2.39. The third kappa shape index (κ3) is 3.70. The van der Waals surface area contributed by atoms with Crippen molar-refractivity contribution in [3.8, 4) is 0 Å². The summed E-state index contributed by atoms with van der Waals surface area (Å²) in [7, 11) is 4.03. The van der Waals surface area contributed by atoms with Crippen LogP contribution in [0.3, 0.4) is 0 Å². The molecule has 0 aliphatic rings. The zero-order valence-electron chi connectivity index (χ0n) is 14.5. The van der Waals surface area contributed by atoms with Crippen LogP contribution in [0.15, 0.2) is 60.7 Å². The standard InChI is InChI=1S/C21H27NO/c1-4-5-12-17-21(22(2)3,19-15-10-7-11-16-19)20(23)18-13-8-6-9-14-18/h6-11,13-16H,4-5,12,17H2,1-3H3. The second-order valence-electron chi connectivity index (χ2n) is 6.27. The van der Waals surface area contributed by atoms with Crippen molar-refractivity contribution >= 4 is 5.78 Å². The summed E-state index contributed by atoms with van der Waals surface area (Å²) in [5, 5.41) is 0. The second kappa shape index (κ2) is 8.07. The Morgan fingerprint density at radius 2 is 1.48 bits per heavy atom. The molecule has 2 nitrogen and oxygen atoms in total. The van der Waals surface area contributed by atoms with Crippen molar-refractivity contribution in [2.24, 2.45) is 0 Å². The fourth-order valence-electron chi connectivity index (χ4n) is 3.25. The Morgan fingerprint density at radius 1 is 0.913 bits per heavy atom. The van der Waals surface area contributed by atoms with Crippen molar-refractivity contribution in [3.63, 3.8) is 0 Å². The molecular weight excluding hydrogens is 282 g/mol. The summed E-state index contributed by atoms with van der Waals surface area (Å²) in [5.74, 6) is 0.186. The van der Waals surface area contributed by atoms with E-state index in [2.05, 4.69) is 24.0 Å². The number of nitrogens with zero attached hydrogens (tertiary/aromatic N) is 1. The summed E-state index contributed by atoms with van der Waals surface area (Å²) >= 11 is 0. The van der Waals surface area contributed by atoms with E-state index in [9.17, 15) is 4.79 Å². The van der Waals surface area contributed by atoms with Gasteiger partial charge in [0.05, 0.1) is 0 Å². The molecule has 1 atom stereocenters. The van der Waals surface area contributed by atoms with Crippen molar-refractivity contribution in [2.75, 3.05) is 14.1 Å². The van der Waals surface area contributed by atoms with E-state index in [1.54, 1.807) is 0 Å². The summed E-state index contributed by atoms with van der Waals surface area (Å²) in [6.45, 7) is 2.19. The predicted octanol–water partition coefficient (Wildman–Crippen LogP) is 4.91. The number of benzene rings is 2. The zero-order chi connectivity index (χ0) is 16.7. The first-order chi connectivity index (χ1) is 11.1. The van der Waals surface area contributed by atoms with Gasteiger partial charge in [0, 0.05) is 5.56 Å². The Labute approximate surface area is 140 Å². The van der Waals surface area contributed by atoms with E-state index in [1.807, 2.05) is 62.6 Å². The van der Waals surface area contributed by atoms with Crippen LogP contribution in [0.25, 0.3) is 0 Å². The van der Waals surface area contributed by atoms with Gasteiger partial charge in [-0.3, -0.25) is 9.69 Å². The Hall–Kier alpha value is -1.93. The molecule has 0 amide bonds. The first-order valence-corrected chi connectivity index (χ1v) is 8.45. The van der Waals surface area contributed by atoms with Crippen LogP contribution in [-0.4, -0.2) is 24.8 Å². The lowest BCUT2D eigenvalue weighted by Crippen LogP contribution is -2.48. The van der Waals surface area contributed by atoms with Crippen LogP contribution in [0, 0.1) is 0 Å². The first kappa shape index (κ1) is 17.4. The molecule has 0 bridgehead atoms. The molecule has 0 N–H and O–H groups in total. The zero-order valence-corrected chi connectivity index (χ0v) is 14.5. The maximum absolute atomic E-state index is 13.5. The number of likely N-dealkylation sites (N-methyl/N-ethyl adjacent to an activating group) is 1. The topological polar surface area (TPSA) is 20.3 Å². The number of ketones is 1. The predicted molar refractivity (Wildman–Crippen MR) is 96.7 cm³/mol. The van der Waals surface area contributed by atoms with Crippen LogP contribution in [-0.2, 0) is 5.54 Å². The number of hydrogen-bond acceptors (Lipinski definition) is 2. The number of carbonyl (C=O) groups is 1. The highest BCUT2D eigenvalue weighted by Crippen LogP contribution is 2.36. The second-order valence-corrected chi connectivity index (χ2v) is 6.27. The molecular formula is C21H27NO. The maximum Gasteiger partial charge on any atom is 0.187 e. The molecule has 2 aromatic rings. The van der Waals surface area contributed by atoms with Gasteiger partial charge < -0.3 is 0 Å². The van der Waals surface area contributed by atoms with Gasteiger partial charge in [-0.25, -0.2) is 0 Å². The average Bonchev–Trinajstić information content (AvgIpc) is 2.59. The van der Waals surface area contributed by atoms with E-state index in [0.717, 1.165) is 36.8 Å². The van der Waals surface area contributed by atoms with Gasteiger partial charge in [0.2, 0.25) is 0 Å². The van der Waals surface area contributed by atoms with Crippen LogP contribution in [0.2, 0.25) is 0 Å². The van der Waals surface area contributed by atoms with Gasteiger partial charge in [-0.1, -0.05) is 86.8 Å². The van der Waals surface area contributed by atoms with Gasteiger partial charge in [0.15, 0.2) is 5.78 Å². The first-order valence-electron chi connectivity index (χ1n) is 8.45. The van der Waals surface area contributed by atoms with Gasteiger partial charge in [-0.05, 0) is 26.1 Å². The van der Waals surface area contributed by atoms with Gasteiger partial charge in [0.25, 0.3) is 0 Å². The molecule has 0 heterocycles. The Balaban J connectivity index is 2.50. The largest absolute Gasteiger partial charge is 0.293 e. The fraction of sp³-hybridized carbons (Fsp3) is 0.381. The average molecular weight is 309 g/mol. The molecule has 0 aliphatic carbocycles. The summed E-state index contributed by atoms with van der Waals surface area (Å²) in [6, 6.07) is 19.9. The summed E-state index contributed by atoms with van der Waals surface area (Å²) in [5.41, 5.74) is 1.26. The van der Waals surface area contributed by atoms with E-state index in [1.165, 1.54) is 0 Å². The number of rotatable bonds is 8. The minimum absolute atomic E-state index is 0.186. The molecule has 0 fully saturated rings. The molecule has 0 aliphatic heterocycles. The van der Waals surface area contributed by atoms with E-state index < -0.39 is 5.54 Å². The molecule has 2 heteroatoms. The van der Waals surface area contributed by atoms with Gasteiger partial charge >= 0.3 is 0 Å². The molecule has 0 radical (unpaired) electrons. The fourth-order valence-corrected chi connectivity index (χ4v) is 3.25. The van der Waals surface area contributed by atoms with Crippen LogP contribution in [0.4, 0.5) is 0 Å². The van der Waals surface area contributed by atoms with Crippen molar-refractivity contribution < 1.29 is 4.79 Å². The number of unbranched alkanes of at least 4 members (excludes halogenated alkanes) is 2. The summed E-state index contributed by atoms with van der Waals surface area (Å²) < 4.78 is 0. The normalized spacial score (nSPS) is 13.7. The van der Waals surface area contributed by atoms with Crippen LogP contribution in [0.5, 0.6) is 0 Å². The molecule has 0 saturated carbocycles. The smallest absolute Gasteiger partial charge is 0.187 e. The molecule has 2 rings (SSSR count). The van der Waals surface area contributed by atoms with Crippen molar-refractivity contribution in [1.29, 1.82) is 0 Å². The van der Waals surface area contributed by atoms with Crippen LogP contribution >= 0.6 is 0 Å². The van der Waals surface area contributed by atoms with Crippen LogP contribution in [0.1, 0.15) is 48.5 Å². The van der Waals surface area contributed by atoms with E-state index in [-0.39, 0.29) is 5.78 Å². The highest BCUT2D eigenvalue weighted by atomic mass is 16.1. The van der Waals surface area contributed by atoms with E-state index >= 15 is 0 Å². The SMILES string of the molecule is CCCCCC(C(=O)c1ccccc1)(c1ccccc1)N(C)C. The number of carbonyl (C=O) groups excluding carboxylic acids is 1. The number of hydrogen-bond donors (Lipinski definition) is 0. The lowest BCUT2D eigenvalue weighted by molar-refractivity contribution is 0.0639. The molecule has 0 aromatic heterocycles. The maximum atomic E-state index is 13.5. The van der Waals surface area contributed by atoms with Crippen molar-refractivity contribution in [1.82, 2.24) is 4.90 Å². The van der Waals surface area contributed by atoms with Crippen molar-refractivity contribution in [3.05, 3.63) is 71.8 Å². The summed E-state index contributed by atoms with van der Waals surface area (Å²) in [6.07, 6.45) is 4.18. The Bertz CT molecular complexity index is 606. The molecule has 0 spiro atoms. The number of Topliss-reactive ketones (excluding diaryl/α,β-unsaturated/α-hetero) is 1. The lowest BCUT2D eigenvalue weighted by atomic mass is 9.77. The minimum atomic E-state index is -0.599. The highest BCUT2D eigenvalue weighted by molar-refractivity contribution is 6.03. The summed E-state index contributed by atoms with van der Waals surface area (Å²) in [4.78, 5) is 15.6. The molecule has 0 saturated heterocycles. The van der Waals surface area contributed by atoms with Gasteiger partial charge in [0.1, 0.15) is 5.54 Å². The molecule has 2 aromatic carbocycles. The molecule has 23 heavy (non-hydrogen) atoms. The van der Waals surface area contributed by atoms with E-state index in [4.69, 9.17) is 0 Å². The minimum Gasteiger partial charge on any atom is -0.293 e. The quantitative estimate of drug-likeness (QED) is 0.510. The monoisotopic (exact) mass is 309 g/mol. The molecule has 1 unspecified atom stereocenters. The van der Waals surface area contributed by atoms with Crippen LogP contribution < -0.4 is 0 Å².